The maximum absolute atomic E-state index is 12.8. The first-order valence-electron chi connectivity index (χ1n) is 10.8. The van der Waals surface area contributed by atoms with Gasteiger partial charge in [-0.2, -0.15) is 0 Å². The number of nitrogens with zero attached hydrogens (tertiary/aromatic N) is 3. The Hall–Kier alpha value is -1.10. The summed E-state index contributed by atoms with van der Waals surface area (Å²) in [6.45, 7) is 9.33. The number of carbonyl (C=O) groups is 2. The van der Waals surface area contributed by atoms with Crippen molar-refractivity contribution < 1.29 is 9.59 Å². The molecule has 1 unspecified atom stereocenters. The summed E-state index contributed by atoms with van der Waals surface area (Å²) in [5, 5.41) is 0. The maximum Gasteiger partial charge on any atom is 0.239 e. The lowest BCUT2D eigenvalue weighted by Gasteiger charge is -2.40. The molecule has 1 aliphatic carbocycles. The third-order valence-electron chi connectivity index (χ3n) is 6.91. The number of rotatable bonds is 5. The number of carbonyl (C=O) groups excluding carboxylic acids is 2. The van der Waals surface area contributed by atoms with Gasteiger partial charge in [-0.25, -0.2) is 0 Å². The van der Waals surface area contributed by atoms with Crippen LogP contribution in [-0.2, 0) is 9.59 Å². The average Bonchev–Trinajstić information content (AvgIpc) is 3.19. The van der Waals surface area contributed by atoms with Crippen LogP contribution >= 0.6 is 0 Å². The highest BCUT2D eigenvalue weighted by atomic mass is 16.2. The summed E-state index contributed by atoms with van der Waals surface area (Å²) < 4.78 is 0. The van der Waals surface area contributed by atoms with E-state index in [0.717, 1.165) is 70.4 Å². The molecule has 0 aromatic heterocycles. The molecule has 2 amide bonds. The minimum absolute atomic E-state index is 0.0563. The lowest BCUT2D eigenvalue weighted by molar-refractivity contribution is -0.139. The zero-order chi connectivity index (χ0) is 18.5. The summed E-state index contributed by atoms with van der Waals surface area (Å²) in [5.41, 5.74) is 0. The highest BCUT2D eigenvalue weighted by molar-refractivity contribution is 5.81. The van der Waals surface area contributed by atoms with E-state index in [-0.39, 0.29) is 11.9 Å². The molecule has 5 heteroatoms. The maximum atomic E-state index is 12.8. The fourth-order valence-electron chi connectivity index (χ4n) is 4.79. The molecule has 3 fully saturated rings. The molecule has 1 saturated carbocycles. The Balaban J connectivity index is 1.39. The number of likely N-dealkylation sites (tertiary alicyclic amines) is 1. The topological polar surface area (TPSA) is 43.9 Å². The van der Waals surface area contributed by atoms with E-state index in [1.165, 1.54) is 25.7 Å². The molecular weight excluding hydrogens is 326 g/mol. The van der Waals surface area contributed by atoms with Crippen molar-refractivity contribution in [1.82, 2.24) is 14.7 Å². The van der Waals surface area contributed by atoms with Gasteiger partial charge in [0.25, 0.3) is 0 Å². The first-order valence-corrected chi connectivity index (χ1v) is 10.8. The lowest BCUT2D eigenvalue weighted by Crippen LogP contribution is -2.56. The van der Waals surface area contributed by atoms with Crippen LogP contribution in [0.25, 0.3) is 0 Å². The third kappa shape index (κ3) is 4.99. The van der Waals surface area contributed by atoms with Gasteiger partial charge in [0.1, 0.15) is 0 Å². The summed E-state index contributed by atoms with van der Waals surface area (Å²) in [6.07, 6.45) is 9.36. The number of hydrogen-bond donors (Lipinski definition) is 0. The molecule has 148 valence electrons. The lowest BCUT2D eigenvalue weighted by atomic mass is 9.98. The first kappa shape index (κ1) is 19.7. The van der Waals surface area contributed by atoms with Crippen molar-refractivity contribution in [2.45, 2.75) is 71.3 Å². The fraction of sp³-hybridized carbons (Fsp3) is 0.905. The molecule has 0 bridgehead atoms. The highest BCUT2D eigenvalue weighted by Gasteiger charge is 2.31. The normalized spacial score (nSPS) is 24.8. The van der Waals surface area contributed by atoms with Crippen LogP contribution in [0.15, 0.2) is 0 Å². The van der Waals surface area contributed by atoms with Gasteiger partial charge in [-0.15, -0.1) is 0 Å². The Kier molecular flexibility index (Phi) is 6.96. The minimum Gasteiger partial charge on any atom is -0.341 e. The molecule has 26 heavy (non-hydrogen) atoms. The van der Waals surface area contributed by atoms with Crippen molar-refractivity contribution in [3.8, 4) is 0 Å². The summed E-state index contributed by atoms with van der Waals surface area (Å²) in [7, 11) is 0. The van der Waals surface area contributed by atoms with Crippen molar-refractivity contribution in [3.63, 3.8) is 0 Å². The molecule has 0 radical (unpaired) electrons. The van der Waals surface area contributed by atoms with Gasteiger partial charge in [-0.05, 0) is 38.0 Å². The third-order valence-corrected chi connectivity index (χ3v) is 6.91. The second-order valence-corrected chi connectivity index (χ2v) is 8.79. The van der Waals surface area contributed by atoms with Crippen molar-refractivity contribution in [2.24, 2.45) is 11.8 Å². The van der Waals surface area contributed by atoms with E-state index in [2.05, 4.69) is 11.8 Å². The Labute approximate surface area is 159 Å². The van der Waals surface area contributed by atoms with Crippen LogP contribution in [0.3, 0.4) is 0 Å². The quantitative estimate of drug-likeness (QED) is 0.754. The molecule has 2 heterocycles. The zero-order valence-electron chi connectivity index (χ0n) is 16.8. The molecule has 0 N–H and O–H groups in total. The number of amides is 2. The monoisotopic (exact) mass is 363 g/mol. The number of piperidine rings is 1. The number of piperazine rings is 1. The molecule has 3 aliphatic rings. The molecule has 3 rings (SSSR count). The largest absolute Gasteiger partial charge is 0.341 e. The predicted octanol–water partition coefficient (Wildman–Crippen LogP) is 2.75. The predicted molar refractivity (Wildman–Crippen MR) is 104 cm³/mol. The van der Waals surface area contributed by atoms with Crippen molar-refractivity contribution >= 4 is 11.8 Å². The van der Waals surface area contributed by atoms with Crippen LogP contribution in [0, 0.1) is 11.8 Å². The average molecular weight is 364 g/mol. The van der Waals surface area contributed by atoms with Gasteiger partial charge >= 0.3 is 0 Å². The van der Waals surface area contributed by atoms with Crippen LogP contribution in [0.4, 0.5) is 0 Å². The van der Waals surface area contributed by atoms with E-state index >= 15 is 0 Å². The van der Waals surface area contributed by atoms with Crippen LogP contribution in [-0.4, -0.2) is 71.8 Å². The van der Waals surface area contributed by atoms with Crippen LogP contribution in [0.2, 0.25) is 0 Å². The standard InChI is InChI=1S/C21H37N3O2/c1-17-9-11-24(12-10-17)21(26)18(2)22-13-15-23(16-14-22)20(25)8-7-19-5-3-4-6-19/h17-19H,3-16H2,1-2H3. The van der Waals surface area contributed by atoms with Crippen molar-refractivity contribution in [3.05, 3.63) is 0 Å². The Morgan fingerprint density at radius 1 is 0.885 bits per heavy atom. The SMILES string of the molecule is CC1CCN(C(=O)C(C)N2CCN(C(=O)CCC3CCCC3)CC2)CC1. The van der Waals surface area contributed by atoms with E-state index in [9.17, 15) is 9.59 Å². The Bertz CT molecular complexity index is 474. The van der Waals surface area contributed by atoms with Gasteiger partial charge in [-0.1, -0.05) is 32.6 Å². The molecule has 2 aliphatic heterocycles. The smallest absolute Gasteiger partial charge is 0.239 e. The van der Waals surface area contributed by atoms with E-state index in [4.69, 9.17) is 0 Å². The molecule has 2 saturated heterocycles. The van der Waals surface area contributed by atoms with Crippen LogP contribution in [0.5, 0.6) is 0 Å². The van der Waals surface area contributed by atoms with Crippen molar-refractivity contribution in [1.29, 1.82) is 0 Å². The summed E-state index contributed by atoms with van der Waals surface area (Å²) in [6, 6.07) is -0.0563. The second-order valence-electron chi connectivity index (χ2n) is 8.79. The molecule has 0 spiro atoms. The van der Waals surface area contributed by atoms with Crippen LogP contribution in [0.1, 0.15) is 65.2 Å². The van der Waals surface area contributed by atoms with E-state index < -0.39 is 0 Å². The summed E-state index contributed by atoms with van der Waals surface area (Å²) in [4.78, 5) is 31.6. The van der Waals surface area contributed by atoms with Crippen LogP contribution < -0.4 is 0 Å². The van der Waals surface area contributed by atoms with Gasteiger partial charge in [-0.3, -0.25) is 14.5 Å². The van der Waals surface area contributed by atoms with Gasteiger partial charge in [0, 0.05) is 45.7 Å². The van der Waals surface area contributed by atoms with E-state index in [0.29, 0.717) is 12.3 Å². The Morgan fingerprint density at radius 3 is 2.12 bits per heavy atom. The Morgan fingerprint density at radius 2 is 1.50 bits per heavy atom. The zero-order valence-corrected chi connectivity index (χ0v) is 16.8. The van der Waals surface area contributed by atoms with Gasteiger partial charge in [0.15, 0.2) is 0 Å². The minimum atomic E-state index is -0.0563. The van der Waals surface area contributed by atoms with E-state index in [1.807, 2.05) is 16.7 Å². The van der Waals surface area contributed by atoms with Gasteiger partial charge in [0.2, 0.25) is 11.8 Å². The molecule has 1 atom stereocenters. The van der Waals surface area contributed by atoms with Crippen molar-refractivity contribution in [2.75, 3.05) is 39.3 Å². The van der Waals surface area contributed by atoms with Gasteiger partial charge < -0.3 is 9.80 Å². The fourth-order valence-corrected chi connectivity index (χ4v) is 4.79. The highest BCUT2D eigenvalue weighted by Crippen LogP contribution is 2.28. The first-order chi connectivity index (χ1) is 12.5. The number of hydrogen-bond acceptors (Lipinski definition) is 3. The summed E-state index contributed by atoms with van der Waals surface area (Å²) in [5.74, 6) is 2.12. The van der Waals surface area contributed by atoms with Gasteiger partial charge in [0.05, 0.1) is 6.04 Å². The second kappa shape index (κ2) is 9.20. The molecular formula is C21H37N3O2. The molecule has 0 aromatic rings. The van der Waals surface area contributed by atoms with E-state index in [1.54, 1.807) is 0 Å². The molecule has 0 aromatic carbocycles. The molecule has 5 nitrogen and oxygen atoms in total. The summed E-state index contributed by atoms with van der Waals surface area (Å²) >= 11 is 0.